The molecule has 0 aromatic carbocycles. The summed E-state index contributed by atoms with van der Waals surface area (Å²) in [6.07, 6.45) is -1.56. The Morgan fingerprint density at radius 3 is 2.45 bits per heavy atom. The van der Waals surface area contributed by atoms with Crippen LogP contribution in [0.2, 0.25) is 0 Å². The van der Waals surface area contributed by atoms with Crippen molar-refractivity contribution in [2.24, 2.45) is 0 Å². The number of nitrogens with zero attached hydrogens (tertiary/aromatic N) is 1. The van der Waals surface area contributed by atoms with E-state index in [1.807, 2.05) is 0 Å². The summed E-state index contributed by atoms with van der Waals surface area (Å²) in [6.45, 7) is 0.505. The van der Waals surface area contributed by atoms with Crippen molar-refractivity contribution in [1.82, 2.24) is 4.90 Å². The summed E-state index contributed by atoms with van der Waals surface area (Å²) >= 11 is 0. The lowest BCUT2D eigenvalue weighted by Crippen LogP contribution is -2.31. The predicted octanol–water partition coefficient (Wildman–Crippen LogP) is 2.16. The monoisotopic (exact) mass is 165 g/mol. The topological polar surface area (TPSA) is 3.24 Å². The highest BCUT2D eigenvalue weighted by Gasteiger charge is 2.36. The van der Waals surface area contributed by atoms with Gasteiger partial charge in [0.15, 0.2) is 0 Å². The van der Waals surface area contributed by atoms with Gasteiger partial charge >= 0.3 is 6.18 Å². The molecule has 1 aliphatic heterocycles. The normalized spacial score (nSPS) is 20.0. The van der Waals surface area contributed by atoms with Gasteiger partial charge < -0.3 is 4.90 Å². The molecule has 0 N–H and O–H groups in total. The Labute approximate surface area is 63.5 Å². The Morgan fingerprint density at radius 2 is 2.09 bits per heavy atom. The minimum atomic E-state index is -4.17. The second-order valence-corrected chi connectivity index (χ2v) is 2.65. The summed E-state index contributed by atoms with van der Waals surface area (Å²) in [7, 11) is 1.47. The van der Waals surface area contributed by atoms with E-state index in [0.29, 0.717) is 13.0 Å². The van der Waals surface area contributed by atoms with E-state index in [-0.39, 0.29) is 0 Å². The van der Waals surface area contributed by atoms with E-state index in [9.17, 15) is 13.2 Å². The molecule has 1 heterocycles. The summed E-state index contributed by atoms with van der Waals surface area (Å²) in [5.74, 6) is 0. The van der Waals surface area contributed by atoms with Gasteiger partial charge in [-0.1, -0.05) is 6.08 Å². The third-order valence-corrected chi connectivity index (χ3v) is 1.74. The van der Waals surface area contributed by atoms with E-state index in [4.69, 9.17) is 0 Å². The maximum atomic E-state index is 12.1. The first-order valence-electron chi connectivity index (χ1n) is 3.50. The van der Waals surface area contributed by atoms with E-state index in [1.54, 1.807) is 0 Å². The first kappa shape index (κ1) is 8.43. The number of hydrogen-bond acceptors (Lipinski definition) is 1. The number of halogens is 3. The van der Waals surface area contributed by atoms with E-state index in [1.165, 1.54) is 18.0 Å². The number of hydrogen-bond donors (Lipinski definition) is 0. The van der Waals surface area contributed by atoms with Gasteiger partial charge in [-0.15, -0.1) is 0 Å². The van der Waals surface area contributed by atoms with Crippen LogP contribution in [0.15, 0.2) is 11.8 Å². The quantitative estimate of drug-likeness (QED) is 0.531. The van der Waals surface area contributed by atoms with Gasteiger partial charge in [-0.05, 0) is 12.8 Å². The SMILES string of the molecule is CN1CCCC=C1C(F)(F)F. The van der Waals surface area contributed by atoms with Crippen LogP contribution >= 0.6 is 0 Å². The van der Waals surface area contributed by atoms with Crippen LogP contribution in [0.25, 0.3) is 0 Å². The van der Waals surface area contributed by atoms with Gasteiger partial charge in [-0.2, -0.15) is 13.2 Å². The fourth-order valence-electron chi connectivity index (χ4n) is 1.18. The first-order chi connectivity index (χ1) is 5.02. The molecule has 0 saturated carbocycles. The minimum absolute atomic E-state index is 0.497. The Hall–Kier alpha value is -0.670. The molecule has 0 fully saturated rings. The molecular formula is C7H10F3N. The Kier molecular flexibility index (Phi) is 2.11. The molecule has 0 aliphatic carbocycles. The molecule has 0 bridgehead atoms. The predicted molar refractivity (Wildman–Crippen MR) is 36.0 cm³/mol. The molecule has 0 spiro atoms. The fraction of sp³-hybridized carbons (Fsp3) is 0.714. The molecule has 0 atom stereocenters. The smallest absolute Gasteiger partial charge is 0.371 e. The molecule has 0 aromatic heterocycles. The zero-order chi connectivity index (χ0) is 8.48. The van der Waals surface area contributed by atoms with Crippen LogP contribution in [-0.4, -0.2) is 24.7 Å². The maximum Gasteiger partial charge on any atom is 0.430 e. The van der Waals surface area contributed by atoms with Crippen molar-refractivity contribution < 1.29 is 13.2 Å². The van der Waals surface area contributed by atoms with Gasteiger partial charge in [0, 0.05) is 13.6 Å². The van der Waals surface area contributed by atoms with Crippen LogP contribution < -0.4 is 0 Å². The highest BCUT2D eigenvalue weighted by molar-refractivity contribution is 5.09. The lowest BCUT2D eigenvalue weighted by Gasteiger charge is -2.27. The summed E-state index contributed by atoms with van der Waals surface area (Å²) in [5.41, 5.74) is -0.497. The fourth-order valence-corrected chi connectivity index (χ4v) is 1.18. The molecule has 11 heavy (non-hydrogen) atoms. The largest absolute Gasteiger partial charge is 0.430 e. The lowest BCUT2D eigenvalue weighted by atomic mass is 10.1. The number of alkyl halides is 3. The van der Waals surface area contributed by atoms with Crippen LogP contribution in [0.3, 0.4) is 0 Å². The maximum absolute atomic E-state index is 12.1. The van der Waals surface area contributed by atoms with Crippen LogP contribution in [0.1, 0.15) is 12.8 Å². The highest BCUT2D eigenvalue weighted by atomic mass is 19.4. The van der Waals surface area contributed by atoms with E-state index in [0.717, 1.165) is 6.42 Å². The van der Waals surface area contributed by atoms with Gasteiger partial charge in [0.2, 0.25) is 0 Å². The van der Waals surface area contributed by atoms with Gasteiger partial charge in [-0.3, -0.25) is 0 Å². The summed E-state index contributed by atoms with van der Waals surface area (Å²) in [6, 6.07) is 0. The van der Waals surface area contributed by atoms with Gasteiger partial charge in [0.05, 0.1) is 0 Å². The molecule has 1 aliphatic rings. The molecule has 0 saturated heterocycles. The summed E-state index contributed by atoms with van der Waals surface area (Å²) < 4.78 is 36.2. The second-order valence-electron chi connectivity index (χ2n) is 2.65. The van der Waals surface area contributed by atoms with E-state index >= 15 is 0 Å². The lowest BCUT2D eigenvalue weighted by molar-refractivity contribution is -0.111. The van der Waals surface area contributed by atoms with Crippen molar-refractivity contribution in [2.75, 3.05) is 13.6 Å². The average molecular weight is 165 g/mol. The molecular weight excluding hydrogens is 155 g/mol. The molecule has 0 amide bonds. The number of rotatable bonds is 0. The van der Waals surface area contributed by atoms with E-state index < -0.39 is 11.9 Å². The molecule has 0 radical (unpaired) electrons. The van der Waals surface area contributed by atoms with Crippen molar-refractivity contribution in [3.63, 3.8) is 0 Å². The minimum Gasteiger partial charge on any atom is -0.371 e. The molecule has 0 unspecified atom stereocenters. The molecule has 1 nitrogen and oxygen atoms in total. The van der Waals surface area contributed by atoms with Crippen LogP contribution in [0, 0.1) is 0 Å². The zero-order valence-electron chi connectivity index (χ0n) is 6.28. The summed E-state index contributed by atoms with van der Waals surface area (Å²) in [4.78, 5) is 1.25. The van der Waals surface area contributed by atoms with Crippen molar-refractivity contribution in [3.8, 4) is 0 Å². The second kappa shape index (κ2) is 2.75. The van der Waals surface area contributed by atoms with Crippen molar-refractivity contribution in [2.45, 2.75) is 19.0 Å². The highest BCUT2D eigenvalue weighted by Crippen LogP contribution is 2.30. The van der Waals surface area contributed by atoms with Gasteiger partial charge in [0.1, 0.15) is 5.70 Å². The first-order valence-corrected chi connectivity index (χ1v) is 3.50. The van der Waals surface area contributed by atoms with Crippen LogP contribution in [-0.2, 0) is 0 Å². The molecule has 64 valence electrons. The average Bonchev–Trinajstić information content (AvgIpc) is 1.86. The Morgan fingerprint density at radius 1 is 1.45 bits per heavy atom. The van der Waals surface area contributed by atoms with Crippen LogP contribution in [0.4, 0.5) is 13.2 Å². The third kappa shape index (κ3) is 1.88. The standard InChI is InChI=1S/C7H10F3N/c1-11-5-3-2-4-6(11)7(8,9)10/h4H,2-3,5H2,1H3. The van der Waals surface area contributed by atoms with E-state index in [2.05, 4.69) is 0 Å². The van der Waals surface area contributed by atoms with Crippen molar-refractivity contribution >= 4 is 0 Å². The molecule has 0 aromatic rings. The van der Waals surface area contributed by atoms with Gasteiger partial charge in [-0.25, -0.2) is 0 Å². The zero-order valence-corrected chi connectivity index (χ0v) is 6.28. The van der Waals surface area contributed by atoms with Crippen LogP contribution in [0.5, 0.6) is 0 Å². The Bertz CT molecular complexity index is 171. The van der Waals surface area contributed by atoms with Crippen molar-refractivity contribution in [3.05, 3.63) is 11.8 Å². The number of allylic oxidation sites excluding steroid dienone is 2. The third-order valence-electron chi connectivity index (χ3n) is 1.74. The Balaban J connectivity index is 2.76. The molecule has 4 heteroatoms. The molecule has 1 rings (SSSR count). The summed E-state index contributed by atoms with van der Waals surface area (Å²) in [5, 5.41) is 0. The van der Waals surface area contributed by atoms with Crippen molar-refractivity contribution in [1.29, 1.82) is 0 Å². The van der Waals surface area contributed by atoms with Gasteiger partial charge in [0.25, 0.3) is 0 Å².